The highest BCUT2D eigenvalue weighted by Gasteiger charge is 2.13. The predicted molar refractivity (Wildman–Crippen MR) is 106 cm³/mol. The predicted octanol–water partition coefficient (Wildman–Crippen LogP) is 5.49. The summed E-state index contributed by atoms with van der Waals surface area (Å²) in [5.41, 5.74) is 5.35. The van der Waals surface area contributed by atoms with Crippen LogP contribution >= 0.6 is 0 Å². The van der Waals surface area contributed by atoms with E-state index in [1.165, 1.54) is 5.56 Å². The van der Waals surface area contributed by atoms with Crippen molar-refractivity contribution in [1.82, 2.24) is 15.0 Å². The van der Waals surface area contributed by atoms with Crippen molar-refractivity contribution in [2.24, 2.45) is 0 Å². The number of benzene rings is 3. The SMILES string of the molecule is Cc1ccc(C)c(-c2nc(-c3ccccc3)nc(-c3ccccc3)n2)c1. The highest BCUT2D eigenvalue weighted by atomic mass is 15.0. The van der Waals surface area contributed by atoms with E-state index in [1.54, 1.807) is 0 Å². The molecule has 0 spiro atoms. The second kappa shape index (κ2) is 6.89. The van der Waals surface area contributed by atoms with Crippen LogP contribution in [0.5, 0.6) is 0 Å². The molecule has 126 valence electrons. The molecule has 0 N–H and O–H groups in total. The van der Waals surface area contributed by atoms with E-state index in [9.17, 15) is 0 Å². The van der Waals surface area contributed by atoms with Gasteiger partial charge in [0.25, 0.3) is 0 Å². The van der Waals surface area contributed by atoms with Crippen LogP contribution < -0.4 is 0 Å². The van der Waals surface area contributed by atoms with Crippen molar-refractivity contribution in [1.29, 1.82) is 0 Å². The van der Waals surface area contributed by atoms with E-state index in [0.29, 0.717) is 17.5 Å². The largest absolute Gasteiger partial charge is 0.208 e. The highest BCUT2D eigenvalue weighted by molar-refractivity contribution is 5.68. The van der Waals surface area contributed by atoms with Gasteiger partial charge in [-0.15, -0.1) is 0 Å². The quantitative estimate of drug-likeness (QED) is 0.496. The molecular weight excluding hydrogens is 318 g/mol. The van der Waals surface area contributed by atoms with Crippen LogP contribution in [-0.4, -0.2) is 15.0 Å². The number of hydrogen-bond donors (Lipinski definition) is 0. The van der Waals surface area contributed by atoms with Crippen molar-refractivity contribution in [2.45, 2.75) is 13.8 Å². The number of aryl methyl sites for hydroxylation is 2. The minimum atomic E-state index is 0.690. The lowest BCUT2D eigenvalue weighted by Crippen LogP contribution is -2.01. The first-order chi connectivity index (χ1) is 12.7. The van der Waals surface area contributed by atoms with E-state index < -0.39 is 0 Å². The lowest BCUT2D eigenvalue weighted by atomic mass is 10.0. The Hall–Kier alpha value is -3.33. The van der Waals surface area contributed by atoms with Gasteiger partial charge in [0, 0.05) is 16.7 Å². The van der Waals surface area contributed by atoms with Crippen LogP contribution in [0.2, 0.25) is 0 Å². The summed E-state index contributed by atoms with van der Waals surface area (Å²) in [4.78, 5) is 14.3. The molecular formula is C23H19N3. The van der Waals surface area contributed by atoms with E-state index >= 15 is 0 Å². The smallest absolute Gasteiger partial charge is 0.164 e. The van der Waals surface area contributed by atoms with Crippen molar-refractivity contribution >= 4 is 0 Å². The fourth-order valence-corrected chi connectivity index (χ4v) is 2.91. The summed E-state index contributed by atoms with van der Waals surface area (Å²) >= 11 is 0. The second-order valence-electron chi connectivity index (χ2n) is 6.36. The Morgan fingerprint density at radius 2 is 1.04 bits per heavy atom. The molecule has 3 aromatic carbocycles. The number of aromatic nitrogens is 3. The zero-order chi connectivity index (χ0) is 17.9. The Kier molecular flexibility index (Phi) is 4.28. The Bertz CT molecular complexity index is 984. The molecule has 0 unspecified atom stereocenters. The molecule has 0 aliphatic heterocycles. The molecule has 3 nitrogen and oxygen atoms in total. The molecule has 3 heteroatoms. The monoisotopic (exact) mass is 337 g/mol. The molecule has 4 aromatic rings. The molecule has 0 aliphatic carbocycles. The van der Waals surface area contributed by atoms with Gasteiger partial charge in [-0.25, -0.2) is 15.0 Å². The van der Waals surface area contributed by atoms with Gasteiger partial charge in [-0.3, -0.25) is 0 Å². The normalized spacial score (nSPS) is 10.7. The minimum Gasteiger partial charge on any atom is -0.208 e. The minimum absolute atomic E-state index is 0.690. The summed E-state index contributed by atoms with van der Waals surface area (Å²) in [7, 11) is 0. The first-order valence-electron chi connectivity index (χ1n) is 8.65. The molecule has 0 radical (unpaired) electrons. The average molecular weight is 337 g/mol. The van der Waals surface area contributed by atoms with Crippen LogP contribution in [0.1, 0.15) is 11.1 Å². The summed E-state index contributed by atoms with van der Waals surface area (Å²) in [5.74, 6) is 2.09. The summed E-state index contributed by atoms with van der Waals surface area (Å²) < 4.78 is 0. The van der Waals surface area contributed by atoms with Crippen LogP contribution in [-0.2, 0) is 0 Å². The van der Waals surface area contributed by atoms with Gasteiger partial charge in [-0.2, -0.15) is 0 Å². The molecule has 0 bridgehead atoms. The Morgan fingerprint density at radius 3 is 1.58 bits per heavy atom. The first kappa shape index (κ1) is 16.2. The van der Waals surface area contributed by atoms with Gasteiger partial charge in [-0.1, -0.05) is 78.4 Å². The van der Waals surface area contributed by atoms with Crippen LogP contribution in [0.3, 0.4) is 0 Å². The van der Waals surface area contributed by atoms with E-state index in [4.69, 9.17) is 15.0 Å². The number of hydrogen-bond acceptors (Lipinski definition) is 3. The number of rotatable bonds is 3. The van der Waals surface area contributed by atoms with Crippen molar-refractivity contribution < 1.29 is 0 Å². The molecule has 0 amide bonds. The van der Waals surface area contributed by atoms with Gasteiger partial charge in [0.1, 0.15) is 0 Å². The molecule has 0 aliphatic rings. The summed E-state index contributed by atoms with van der Waals surface area (Å²) in [6, 6.07) is 26.4. The van der Waals surface area contributed by atoms with Crippen LogP contribution in [0.15, 0.2) is 78.9 Å². The van der Waals surface area contributed by atoms with Gasteiger partial charge in [0.15, 0.2) is 17.5 Å². The highest BCUT2D eigenvalue weighted by Crippen LogP contribution is 2.26. The molecule has 4 rings (SSSR count). The second-order valence-corrected chi connectivity index (χ2v) is 6.36. The first-order valence-corrected chi connectivity index (χ1v) is 8.65. The van der Waals surface area contributed by atoms with Gasteiger partial charge >= 0.3 is 0 Å². The van der Waals surface area contributed by atoms with Crippen molar-refractivity contribution in [3.05, 3.63) is 90.0 Å². The molecule has 0 saturated heterocycles. The maximum Gasteiger partial charge on any atom is 0.164 e. The van der Waals surface area contributed by atoms with Crippen molar-refractivity contribution in [2.75, 3.05) is 0 Å². The van der Waals surface area contributed by atoms with Gasteiger partial charge < -0.3 is 0 Å². The Balaban J connectivity index is 1.95. The zero-order valence-electron chi connectivity index (χ0n) is 14.8. The van der Waals surface area contributed by atoms with Crippen LogP contribution in [0.4, 0.5) is 0 Å². The molecule has 26 heavy (non-hydrogen) atoms. The lowest BCUT2D eigenvalue weighted by molar-refractivity contribution is 1.07. The van der Waals surface area contributed by atoms with E-state index in [1.807, 2.05) is 60.7 Å². The summed E-state index contributed by atoms with van der Waals surface area (Å²) in [6.45, 7) is 4.17. The van der Waals surface area contributed by atoms with Gasteiger partial charge in [0.05, 0.1) is 0 Å². The summed E-state index contributed by atoms with van der Waals surface area (Å²) in [5, 5.41) is 0. The van der Waals surface area contributed by atoms with E-state index in [0.717, 1.165) is 22.3 Å². The third-order valence-electron chi connectivity index (χ3n) is 4.33. The van der Waals surface area contributed by atoms with Crippen LogP contribution in [0.25, 0.3) is 34.2 Å². The lowest BCUT2D eigenvalue weighted by Gasteiger charge is -2.10. The molecule has 1 heterocycles. The Morgan fingerprint density at radius 1 is 0.538 bits per heavy atom. The van der Waals surface area contributed by atoms with E-state index in [-0.39, 0.29) is 0 Å². The topological polar surface area (TPSA) is 38.7 Å². The standard InChI is InChI=1S/C23H19N3/c1-16-13-14-17(2)20(15-16)23-25-21(18-9-5-3-6-10-18)24-22(26-23)19-11-7-4-8-12-19/h3-15H,1-2H3. The van der Waals surface area contributed by atoms with Crippen LogP contribution in [0, 0.1) is 13.8 Å². The zero-order valence-corrected chi connectivity index (χ0v) is 14.8. The van der Waals surface area contributed by atoms with Gasteiger partial charge in [0.2, 0.25) is 0 Å². The maximum absolute atomic E-state index is 4.78. The number of nitrogens with zero attached hydrogens (tertiary/aromatic N) is 3. The molecule has 0 saturated carbocycles. The third kappa shape index (κ3) is 3.24. The van der Waals surface area contributed by atoms with Crippen molar-refractivity contribution in [3.8, 4) is 34.2 Å². The molecule has 0 atom stereocenters. The fourth-order valence-electron chi connectivity index (χ4n) is 2.91. The third-order valence-corrected chi connectivity index (χ3v) is 4.33. The average Bonchev–Trinajstić information content (AvgIpc) is 2.71. The maximum atomic E-state index is 4.78. The molecule has 1 aromatic heterocycles. The van der Waals surface area contributed by atoms with Crippen molar-refractivity contribution in [3.63, 3.8) is 0 Å². The van der Waals surface area contributed by atoms with E-state index in [2.05, 4.69) is 32.0 Å². The summed E-state index contributed by atoms with van der Waals surface area (Å²) in [6.07, 6.45) is 0. The van der Waals surface area contributed by atoms with Gasteiger partial charge in [-0.05, 0) is 25.5 Å². The molecule has 0 fully saturated rings. The fraction of sp³-hybridized carbons (Fsp3) is 0.0870. The Labute approximate surface area is 153 Å².